The van der Waals surface area contributed by atoms with Crippen molar-refractivity contribution in [1.82, 2.24) is 4.90 Å². The van der Waals surface area contributed by atoms with Crippen LogP contribution in [0.4, 0.5) is 0 Å². The van der Waals surface area contributed by atoms with Crippen LogP contribution in [0.15, 0.2) is 0 Å². The molecule has 1 saturated heterocycles. The molecule has 76 valence electrons. The molecule has 1 aliphatic heterocycles. The van der Waals surface area contributed by atoms with Crippen molar-refractivity contribution in [1.29, 1.82) is 0 Å². The molecule has 0 aromatic carbocycles. The van der Waals surface area contributed by atoms with E-state index in [9.17, 15) is 4.79 Å². The number of nitrogens with two attached hydrogens (primary N) is 1. The molecule has 1 atom stereocenters. The van der Waals surface area contributed by atoms with E-state index in [0.717, 1.165) is 39.3 Å². The molecule has 1 fully saturated rings. The number of rotatable bonds is 4. The fraction of sp³-hybridized carbons (Fsp3) is 0.889. The lowest BCUT2D eigenvalue weighted by Gasteiger charge is -2.27. The number of primary amides is 1. The minimum atomic E-state index is -0.201. The van der Waals surface area contributed by atoms with Gasteiger partial charge in [-0.15, -0.1) is 0 Å². The maximum atomic E-state index is 10.8. The first kappa shape index (κ1) is 10.5. The highest BCUT2D eigenvalue weighted by Crippen LogP contribution is 2.04. The molecule has 13 heavy (non-hydrogen) atoms. The van der Waals surface area contributed by atoms with Gasteiger partial charge >= 0.3 is 0 Å². The number of amides is 1. The average Bonchev–Trinajstić information content (AvgIpc) is 2.15. The molecular weight excluding hydrogens is 168 g/mol. The normalized spacial score (nSPS) is 21.3. The van der Waals surface area contributed by atoms with Gasteiger partial charge in [0.05, 0.1) is 13.2 Å². The van der Waals surface area contributed by atoms with Crippen LogP contribution in [0, 0.1) is 5.92 Å². The van der Waals surface area contributed by atoms with Crippen molar-refractivity contribution in [3.63, 3.8) is 0 Å². The van der Waals surface area contributed by atoms with Gasteiger partial charge < -0.3 is 10.5 Å². The van der Waals surface area contributed by atoms with Gasteiger partial charge in [-0.3, -0.25) is 9.69 Å². The summed E-state index contributed by atoms with van der Waals surface area (Å²) >= 11 is 0. The Morgan fingerprint density at radius 1 is 1.54 bits per heavy atom. The number of ether oxygens (including phenoxy) is 1. The van der Waals surface area contributed by atoms with E-state index in [-0.39, 0.29) is 11.8 Å². The first-order chi connectivity index (χ1) is 6.20. The fourth-order valence-corrected chi connectivity index (χ4v) is 1.34. The lowest BCUT2D eigenvalue weighted by molar-refractivity contribution is -0.121. The smallest absolute Gasteiger partial charge is 0.220 e. The first-order valence-corrected chi connectivity index (χ1v) is 4.79. The van der Waals surface area contributed by atoms with Crippen molar-refractivity contribution in [3.05, 3.63) is 0 Å². The molecule has 0 radical (unpaired) electrons. The Kier molecular flexibility index (Phi) is 4.18. The van der Waals surface area contributed by atoms with Crippen LogP contribution in [0.3, 0.4) is 0 Å². The van der Waals surface area contributed by atoms with Gasteiger partial charge in [0.2, 0.25) is 5.91 Å². The maximum Gasteiger partial charge on any atom is 0.220 e. The van der Waals surface area contributed by atoms with E-state index in [1.54, 1.807) is 0 Å². The molecule has 1 heterocycles. The van der Waals surface area contributed by atoms with Crippen LogP contribution in [-0.2, 0) is 9.53 Å². The van der Waals surface area contributed by atoms with E-state index in [2.05, 4.69) is 4.90 Å². The van der Waals surface area contributed by atoms with Gasteiger partial charge in [-0.05, 0) is 13.0 Å². The molecule has 0 aliphatic carbocycles. The number of hydrogen-bond acceptors (Lipinski definition) is 3. The minimum Gasteiger partial charge on any atom is -0.379 e. The monoisotopic (exact) mass is 186 g/mol. The molecule has 1 rings (SSSR count). The molecule has 0 bridgehead atoms. The summed E-state index contributed by atoms with van der Waals surface area (Å²) in [4.78, 5) is 13.1. The van der Waals surface area contributed by atoms with Crippen LogP contribution in [-0.4, -0.2) is 43.7 Å². The summed E-state index contributed by atoms with van der Waals surface area (Å²) in [6, 6.07) is 0. The Balaban J connectivity index is 2.13. The van der Waals surface area contributed by atoms with Crippen LogP contribution in [0.5, 0.6) is 0 Å². The Morgan fingerprint density at radius 3 is 2.69 bits per heavy atom. The third kappa shape index (κ3) is 3.74. The predicted octanol–water partition coefficient (Wildman–Crippen LogP) is -0.170. The van der Waals surface area contributed by atoms with E-state index < -0.39 is 0 Å². The Bertz CT molecular complexity index is 167. The quantitative estimate of drug-likeness (QED) is 0.663. The van der Waals surface area contributed by atoms with Gasteiger partial charge in [0.25, 0.3) is 0 Å². The summed E-state index contributed by atoms with van der Waals surface area (Å²) in [5.41, 5.74) is 5.17. The summed E-state index contributed by atoms with van der Waals surface area (Å²) in [6.07, 6.45) is 0.856. The molecule has 0 saturated carbocycles. The number of carbonyl (C=O) groups is 1. The molecule has 2 N–H and O–H groups in total. The molecule has 0 aromatic rings. The number of carbonyl (C=O) groups excluding carboxylic acids is 1. The van der Waals surface area contributed by atoms with Gasteiger partial charge in [0, 0.05) is 19.0 Å². The molecular formula is C9H18N2O2. The average molecular weight is 186 g/mol. The second-order valence-electron chi connectivity index (χ2n) is 3.55. The van der Waals surface area contributed by atoms with Crippen LogP contribution in [0.25, 0.3) is 0 Å². The third-order valence-electron chi connectivity index (χ3n) is 2.47. The standard InChI is InChI=1S/C9H18N2O2/c1-8(9(10)12)2-3-11-4-6-13-7-5-11/h8H,2-7H2,1H3,(H2,10,12)/t8-/m0/s1. The van der Waals surface area contributed by atoms with Gasteiger partial charge in [0.1, 0.15) is 0 Å². The Hall–Kier alpha value is -0.610. The van der Waals surface area contributed by atoms with Crippen molar-refractivity contribution in [2.75, 3.05) is 32.8 Å². The maximum absolute atomic E-state index is 10.8. The topological polar surface area (TPSA) is 55.6 Å². The summed E-state index contributed by atoms with van der Waals surface area (Å²) in [6.45, 7) is 6.41. The highest BCUT2D eigenvalue weighted by molar-refractivity contribution is 5.76. The molecule has 0 unspecified atom stereocenters. The lowest BCUT2D eigenvalue weighted by atomic mass is 10.1. The van der Waals surface area contributed by atoms with Crippen molar-refractivity contribution < 1.29 is 9.53 Å². The highest BCUT2D eigenvalue weighted by Gasteiger charge is 2.13. The van der Waals surface area contributed by atoms with Crippen LogP contribution < -0.4 is 5.73 Å². The van der Waals surface area contributed by atoms with Crippen LogP contribution in [0.2, 0.25) is 0 Å². The lowest BCUT2D eigenvalue weighted by Crippen LogP contribution is -2.38. The van der Waals surface area contributed by atoms with Crippen LogP contribution in [0.1, 0.15) is 13.3 Å². The van der Waals surface area contributed by atoms with Crippen molar-refractivity contribution in [2.45, 2.75) is 13.3 Å². The van der Waals surface area contributed by atoms with E-state index >= 15 is 0 Å². The highest BCUT2D eigenvalue weighted by atomic mass is 16.5. The fourth-order valence-electron chi connectivity index (χ4n) is 1.34. The van der Waals surface area contributed by atoms with Gasteiger partial charge in [-0.2, -0.15) is 0 Å². The Morgan fingerprint density at radius 2 is 2.15 bits per heavy atom. The number of hydrogen-bond donors (Lipinski definition) is 1. The summed E-state index contributed by atoms with van der Waals surface area (Å²) in [5, 5.41) is 0. The van der Waals surface area contributed by atoms with Gasteiger partial charge in [0.15, 0.2) is 0 Å². The second-order valence-corrected chi connectivity index (χ2v) is 3.55. The largest absolute Gasteiger partial charge is 0.379 e. The Labute approximate surface area is 79.0 Å². The van der Waals surface area contributed by atoms with Crippen molar-refractivity contribution >= 4 is 5.91 Å². The van der Waals surface area contributed by atoms with E-state index in [1.165, 1.54) is 0 Å². The molecule has 4 nitrogen and oxygen atoms in total. The van der Waals surface area contributed by atoms with E-state index in [4.69, 9.17) is 10.5 Å². The number of nitrogens with zero attached hydrogens (tertiary/aromatic N) is 1. The zero-order valence-electron chi connectivity index (χ0n) is 8.16. The summed E-state index contributed by atoms with van der Waals surface area (Å²) < 4.78 is 5.22. The predicted molar refractivity (Wildman–Crippen MR) is 50.2 cm³/mol. The molecule has 4 heteroatoms. The molecule has 0 aromatic heterocycles. The van der Waals surface area contributed by atoms with Gasteiger partial charge in [-0.1, -0.05) is 6.92 Å². The second kappa shape index (κ2) is 5.19. The van der Waals surface area contributed by atoms with Gasteiger partial charge in [-0.25, -0.2) is 0 Å². The molecule has 0 spiro atoms. The SMILES string of the molecule is C[C@@H](CCN1CCOCC1)C(N)=O. The third-order valence-corrected chi connectivity index (χ3v) is 2.47. The molecule has 1 aliphatic rings. The molecule has 1 amide bonds. The number of morpholine rings is 1. The zero-order valence-corrected chi connectivity index (χ0v) is 8.16. The van der Waals surface area contributed by atoms with E-state index in [1.807, 2.05) is 6.92 Å². The minimum absolute atomic E-state index is 0.0113. The van der Waals surface area contributed by atoms with Crippen LogP contribution >= 0.6 is 0 Å². The van der Waals surface area contributed by atoms with Crippen molar-refractivity contribution in [3.8, 4) is 0 Å². The zero-order chi connectivity index (χ0) is 9.68. The van der Waals surface area contributed by atoms with Crippen molar-refractivity contribution in [2.24, 2.45) is 11.7 Å². The van der Waals surface area contributed by atoms with E-state index in [0.29, 0.717) is 0 Å². The summed E-state index contributed by atoms with van der Waals surface area (Å²) in [5.74, 6) is -0.212. The summed E-state index contributed by atoms with van der Waals surface area (Å²) in [7, 11) is 0. The first-order valence-electron chi connectivity index (χ1n) is 4.79.